The Morgan fingerprint density at radius 2 is 1.93 bits per heavy atom. The SMILES string of the molecule is Cc1ccc(-c2nnc(C(C)N3CCC(OCC4CCCCO4)CC3)o2)cc1C. The predicted octanol–water partition coefficient (Wildman–Crippen LogP) is 4.46. The van der Waals surface area contributed by atoms with Crippen LogP contribution in [0.2, 0.25) is 0 Å². The maximum Gasteiger partial charge on any atom is 0.247 e. The van der Waals surface area contributed by atoms with E-state index in [0.717, 1.165) is 51.1 Å². The highest BCUT2D eigenvalue weighted by atomic mass is 16.5. The predicted molar refractivity (Wildman–Crippen MR) is 112 cm³/mol. The second-order valence-electron chi connectivity index (χ2n) is 8.48. The molecule has 158 valence electrons. The molecule has 6 heteroatoms. The van der Waals surface area contributed by atoms with Crippen molar-refractivity contribution in [1.29, 1.82) is 0 Å². The lowest BCUT2D eigenvalue weighted by Crippen LogP contribution is -2.39. The lowest BCUT2D eigenvalue weighted by Gasteiger charge is -2.35. The van der Waals surface area contributed by atoms with Crippen molar-refractivity contribution in [3.8, 4) is 11.5 Å². The second kappa shape index (κ2) is 9.37. The fourth-order valence-electron chi connectivity index (χ4n) is 4.16. The Balaban J connectivity index is 1.28. The van der Waals surface area contributed by atoms with Crippen molar-refractivity contribution in [3.05, 3.63) is 35.2 Å². The number of aromatic nitrogens is 2. The number of rotatable bonds is 6. The van der Waals surface area contributed by atoms with Gasteiger partial charge in [0.15, 0.2) is 0 Å². The van der Waals surface area contributed by atoms with Gasteiger partial charge in [-0.25, -0.2) is 0 Å². The molecule has 2 saturated heterocycles. The highest BCUT2D eigenvalue weighted by Gasteiger charge is 2.28. The Labute approximate surface area is 173 Å². The Morgan fingerprint density at radius 1 is 1.10 bits per heavy atom. The molecule has 0 amide bonds. The summed E-state index contributed by atoms with van der Waals surface area (Å²) in [5, 5.41) is 8.62. The lowest BCUT2D eigenvalue weighted by molar-refractivity contribution is -0.0773. The van der Waals surface area contributed by atoms with Gasteiger partial charge in [0.2, 0.25) is 11.8 Å². The zero-order chi connectivity index (χ0) is 20.2. The van der Waals surface area contributed by atoms with Crippen molar-refractivity contribution in [3.63, 3.8) is 0 Å². The average Bonchev–Trinajstić information content (AvgIpc) is 3.25. The minimum Gasteiger partial charge on any atom is -0.419 e. The topological polar surface area (TPSA) is 60.6 Å². The number of hydrogen-bond donors (Lipinski definition) is 0. The van der Waals surface area contributed by atoms with E-state index in [2.05, 4.69) is 48.0 Å². The fourth-order valence-corrected chi connectivity index (χ4v) is 4.16. The number of aryl methyl sites for hydroxylation is 2. The largest absolute Gasteiger partial charge is 0.419 e. The minimum atomic E-state index is 0.116. The van der Waals surface area contributed by atoms with Crippen LogP contribution in [-0.2, 0) is 9.47 Å². The van der Waals surface area contributed by atoms with Crippen LogP contribution in [0.4, 0.5) is 0 Å². The molecule has 0 saturated carbocycles. The standard InChI is InChI=1S/C23H33N3O3/c1-16-7-8-19(14-17(16)2)23-25-24-22(29-23)18(3)26-11-9-20(10-12-26)28-15-21-6-4-5-13-27-21/h7-8,14,18,20-21H,4-6,9-13,15H2,1-3H3. The number of ether oxygens (including phenoxy) is 2. The molecule has 0 aliphatic carbocycles. The summed E-state index contributed by atoms with van der Waals surface area (Å²) in [4.78, 5) is 2.41. The maximum absolute atomic E-state index is 6.14. The van der Waals surface area contributed by atoms with Crippen LogP contribution in [0.5, 0.6) is 0 Å². The first-order valence-electron chi connectivity index (χ1n) is 11.0. The third kappa shape index (κ3) is 5.05. The van der Waals surface area contributed by atoms with Gasteiger partial charge in [-0.2, -0.15) is 0 Å². The molecule has 6 nitrogen and oxygen atoms in total. The van der Waals surface area contributed by atoms with Gasteiger partial charge < -0.3 is 13.9 Å². The summed E-state index contributed by atoms with van der Waals surface area (Å²) in [6, 6.07) is 6.37. The number of hydrogen-bond acceptors (Lipinski definition) is 6. The van der Waals surface area contributed by atoms with E-state index in [-0.39, 0.29) is 6.04 Å². The molecule has 4 rings (SSSR count). The van der Waals surface area contributed by atoms with Crippen LogP contribution in [0.3, 0.4) is 0 Å². The first-order valence-corrected chi connectivity index (χ1v) is 11.0. The fraction of sp³-hybridized carbons (Fsp3) is 0.652. The van der Waals surface area contributed by atoms with Crippen LogP contribution in [-0.4, -0.2) is 53.6 Å². The van der Waals surface area contributed by atoms with Crippen molar-refractivity contribution in [2.75, 3.05) is 26.3 Å². The number of piperidine rings is 1. The summed E-state index contributed by atoms with van der Waals surface area (Å²) in [6.45, 7) is 9.95. The quantitative estimate of drug-likeness (QED) is 0.714. The molecule has 1 aromatic carbocycles. The van der Waals surface area contributed by atoms with Gasteiger partial charge in [-0.05, 0) is 76.1 Å². The van der Waals surface area contributed by atoms with Crippen molar-refractivity contribution in [2.45, 2.75) is 71.1 Å². The van der Waals surface area contributed by atoms with E-state index in [1.165, 1.54) is 24.0 Å². The number of likely N-dealkylation sites (tertiary alicyclic amines) is 1. The van der Waals surface area contributed by atoms with Gasteiger partial charge in [-0.1, -0.05) is 6.07 Å². The van der Waals surface area contributed by atoms with Gasteiger partial charge in [0, 0.05) is 25.3 Å². The maximum atomic E-state index is 6.14. The van der Waals surface area contributed by atoms with Gasteiger partial charge >= 0.3 is 0 Å². The summed E-state index contributed by atoms with van der Waals surface area (Å²) in [5.41, 5.74) is 3.48. The second-order valence-corrected chi connectivity index (χ2v) is 8.48. The van der Waals surface area contributed by atoms with Crippen molar-refractivity contribution >= 4 is 0 Å². The molecule has 2 aromatic rings. The molecule has 2 atom stereocenters. The highest BCUT2D eigenvalue weighted by molar-refractivity contribution is 5.55. The van der Waals surface area contributed by atoms with E-state index in [9.17, 15) is 0 Å². The van der Waals surface area contributed by atoms with Crippen LogP contribution in [0.25, 0.3) is 11.5 Å². The summed E-state index contributed by atoms with van der Waals surface area (Å²) >= 11 is 0. The molecule has 0 N–H and O–H groups in total. The highest BCUT2D eigenvalue weighted by Crippen LogP contribution is 2.28. The van der Waals surface area contributed by atoms with Crippen LogP contribution >= 0.6 is 0 Å². The van der Waals surface area contributed by atoms with Crippen LogP contribution in [0.1, 0.15) is 62.1 Å². The van der Waals surface area contributed by atoms with Gasteiger partial charge in [0.1, 0.15) is 0 Å². The molecule has 29 heavy (non-hydrogen) atoms. The molecule has 0 radical (unpaired) electrons. The minimum absolute atomic E-state index is 0.116. The Kier molecular flexibility index (Phi) is 6.63. The van der Waals surface area contributed by atoms with E-state index in [4.69, 9.17) is 13.9 Å². The van der Waals surface area contributed by atoms with Crippen molar-refractivity contribution < 1.29 is 13.9 Å². The van der Waals surface area contributed by atoms with E-state index in [1.807, 2.05) is 6.07 Å². The van der Waals surface area contributed by atoms with Crippen LogP contribution < -0.4 is 0 Å². The summed E-state index contributed by atoms with van der Waals surface area (Å²) < 4.78 is 17.9. The third-order valence-electron chi connectivity index (χ3n) is 6.37. The molecule has 2 aliphatic rings. The zero-order valence-corrected chi connectivity index (χ0v) is 17.9. The monoisotopic (exact) mass is 399 g/mol. The molecule has 2 aliphatic heterocycles. The molecule has 2 unspecified atom stereocenters. The molecular formula is C23H33N3O3. The molecule has 1 aromatic heterocycles. The van der Waals surface area contributed by atoms with Gasteiger partial charge in [0.05, 0.1) is 24.9 Å². The lowest BCUT2D eigenvalue weighted by atomic mass is 10.1. The van der Waals surface area contributed by atoms with E-state index < -0.39 is 0 Å². The summed E-state index contributed by atoms with van der Waals surface area (Å²) in [5.74, 6) is 1.29. The molecule has 0 bridgehead atoms. The van der Waals surface area contributed by atoms with Gasteiger partial charge in [0.25, 0.3) is 0 Å². The van der Waals surface area contributed by atoms with Gasteiger partial charge in [-0.3, -0.25) is 4.90 Å². The third-order valence-corrected chi connectivity index (χ3v) is 6.37. The molecule has 0 spiro atoms. The number of nitrogens with zero attached hydrogens (tertiary/aromatic N) is 3. The Morgan fingerprint density at radius 3 is 2.66 bits per heavy atom. The zero-order valence-electron chi connectivity index (χ0n) is 17.9. The first kappa shape index (κ1) is 20.5. The molecule has 3 heterocycles. The van der Waals surface area contributed by atoms with Crippen molar-refractivity contribution in [2.24, 2.45) is 0 Å². The Hall–Kier alpha value is -1.76. The van der Waals surface area contributed by atoms with Gasteiger partial charge in [-0.15, -0.1) is 10.2 Å². The smallest absolute Gasteiger partial charge is 0.247 e. The van der Waals surface area contributed by atoms with E-state index in [1.54, 1.807) is 0 Å². The Bertz CT molecular complexity index is 792. The average molecular weight is 400 g/mol. The number of benzene rings is 1. The normalized spacial score (nSPS) is 22.7. The summed E-state index contributed by atoms with van der Waals surface area (Å²) in [7, 11) is 0. The first-order chi connectivity index (χ1) is 14.1. The van der Waals surface area contributed by atoms with Crippen molar-refractivity contribution in [1.82, 2.24) is 15.1 Å². The molecular weight excluding hydrogens is 366 g/mol. The van der Waals surface area contributed by atoms with Crippen LogP contribution in [0, 0.1) is 13.8 Å². The van der Waals surface area contributed by atoms with E-state index in [0.29, 0.717) is 24.0 Å². The van der Waals surface area contributed by atoms with Crippen LogP contribution in [0.15, 0.2) is 22.6 Å². The molecule has 2 fully saturated rings. The summed E-state index contributed by atoms with van der Waals surface area (Å²) in [6.07, 6.45) is 6.28. The van der Waals surface area contributed by atoms with E-state index >= 15 is 0 Å².